The van der Waals surface area contributed by atoms with E-state index in [0.717, 1.165) is 58.6 Å². The number of fused-ring (bicyclic) bond motifs is 2. The van der Waals surface area contributed by atoms with E-state index >= 15 is 0 Å². The van der Waals surface area contributed by atoms with Gasteiger partial charge in [-0.3, -0.25) is 4.79 Å². The summed E-state index contributed by atoms with van der Waals surface area (Å²) < 4.78 is 7.96. The summed E-state index contributed by atoms with van der Waals surface area (Å²) in [4.78, 5) is 23.5. The van der Waals surface area contributed by atoms with Gasteiger partial charge in [-0.1, -0.05) is 18.2 Å². The Bertz CT molecular complexity index is 1430. The maximum absolute atomic E-state index is 11.8. The van der Waals surface area contributed by atoms with Crippen LogP contribution in [-0.4, -0.2) is 59.1 Å². The van der Waals surface area contributed by atoms with Crippen LogP contribution >= 0.6 is 0 Å². The van der Waals surface area contributed by atoms with Gasteiger partial charge in [0, 0.05) is 67.4 Å². The number of para-hydroxylation sites is 1. The molecule has 1 aliphatic heterocycles. The van der Waals surface area contributed by atoms with E-state index in [1.54, 1.807) is 0 Å². The Balaban J connectivity index is 1.49. The molecule has 0 saturated heterocycles. The van der Waals surface area contributed by atoms with Gasteiger partial charge in [0.05, 0.1) is 23.7 Å². The molecule has 186 valence electrons. The lowest BCUT2D eigenvalue weighted by Gasteiger charge is -2.16. The molecule has 4 aromatic rings. The quantitative estimate of drug-likeness (QED) is 0.343. The highest BCUT2D eigenvalue weighted by molar-refractivity contribution is 5.96. The van der Waals surface area contributed by atoms with Crippen LogP contribution < -0.4 is 20.7 Å². The minimum Gasteiger partial charge on any atom is -0.477 e. The fourth-order valence-corrected chi connectivity index (χ4v) is 4.48. The zero-order valence-electron chi connectivity index (χ0n) is 21.1. The number of amides is 1. The molecule has 1 aliphatic rings. The number of rotatable bonds is 8. The summed E-state index contributed by atoms with van der Waals surface area (Å²) in [5.41, 5.74) is 6.41. The number of anilines is 4. The van der Waals surface area contributed by atoms with Crippen molar-refractivity contribution in [2.24, 2.45) is 7.05 Å². The predicted molar refractivity (Wildman–Crippen MR) is 144 cm³/mol. The lowest BCUT2D eigenvalue weighted by molar-refractivity contribution is -0.114. The Kier molecular flexibility index (Phi) is 6.47. The summed E-state index contributed by atoms with van der Waals surface area (Å²) in [5, 5.41) is 10.8. The second-order valence-electron chi connectivity index (χ2n) is 9.25. The number of hydrogen-bond donors (Lipinski definition) is 3. The zero-order valence-corrected chi connectivity index (χ0v) is 21.1. The van der Waals surface area contributed by atoms with E-state index in [9.17, 15) is 4.79 Å². The second-order valence-corrected chi connectivity index (χ2v) is 9.25. The summed E-state index contributed by atoms with van der Waals surface area (Å²) in [6.45, 7) is 3.72. The average molecular weight is 486 g/mol. The molecule has 3 N–H and O–H groups in total. The highest BCUT2D eigenvalue weighted by Crippen LogP contribution is 2.38. The minimum atomic E-state index is -0.136. The molecule has 3 heterocycles. The molecule has 0 aliphatic carbocycles. The van der Waals surface area contributed by atoms with Gasteiger partial charge in [-0.05, 0) is 38.4 Å². The number of nitrogens with one attached hydrogen (secondary N) is 3. The summed E-state index contributed by atoms with van der Waals surface area (Å²) in [6.07, 6.45) is 2.88. The van der Waals surface area contributed by atoms with Crippen LogP contribution in [0.5, 0.6) is 5.88 Å². The number of aryl methyl sites for hydroxylation is 1. The van der Waals surface area contributed by atoms with Crippen molar-refractivity contribution in [2.45, 2.75) is 13.3 Å². The van der Waals surface area contributed by atoms with Gasteiger partial charge in [-0.2, -0.15) is 4.98 Å². The van der Waals surface area contributed by atoms with E-state index in [2.05, 4.69) is 48.7 Å². The second kappa shape index (κ2) is 9.87. The maximum atomic E-state index is 11.8. The van der Waals surface area contributed by atoms with E-state index in [-0.39, 0.29) is 5.91 Å². The van der Waals surface area contributed by atoms with Gasteiger partial charge >= 0.3 is 0 Å². The first kappa shape index (κ1) is 23.6. The molecule has 2 aromatic carbocycles. The minimum absolute atomic E-state index is 0.136. The molecule has 1 amide bonds. The topological polar surface area (TPSA) is 96.3 Å². The smallest absolute Gasteiger partial charge is 0.231 e. The van der Waals surface area contributed by atoms with Crippen molar-refractivity contribution in [2.75, 3.05) is 49.7 Å². The fraction of sp³-hybridized carbons (Fsp3) is 0.296. The molecule has 36 heavy (non-hydrogen) atoms. The summed E-state index contributed by atoms with van der Waals surface area (Å²) >= 11 is 0. The van der Waals surface area contributed by atoms with Gasteiger partial charge in [-0.15, -0.1) is 0 Å². The number of benzene rings is 2. The Morgan fingerprint density at radius 1 is 1.14 bits per heavy atom. The molecule has 0 bridgehead atoms. The molecular formula is C27H31N7O2. The maximum Gasteiger partial charge on any atom is 0.231 e. The average Bonchev–Trinajstić information content (AvgIpc) is 3.44. The number of ether oxygens (including phenoxy) is 1. The predicted octanol–water partition coefficient (Wildman–Crippen LogP) is 4.25. The molecule has 0 atom stereocenters. The molecule has 0 radical (unpaired) electrons. The first-order valence-electron chi connectivity index (χ1n) is 12.0. The van der Waals surface area contributed by atoms with Crippen molar-refractivity contribution in [1.82, 2.24) is 19.4 Å². The Morgan fingerprint density at radius 2 is 1.97 bits per heavy atom. The molecule has 5 rings (SSSR count). The van der Waals surface area contributed by atoms with Gasteiger partial charge < -0.3 is 30.2 Å². The Labute approximate surface area is 210 Å². The standard InChI is InChI=1S/C27H31N7O2/c1-17(35)29-23-15-18(9-10-22(23)28-12-13-33(2)3)30-27-31-25(20-11-14-36-26(20)32-27)21-16-34(4)24-8-6-5-7-19(21)24/h5-10,15-16,28H,11-14H2,1-4H3,(H,29,35)(H,30,31,32). The van der Waals surface area contributed by atoms with Crippen LogP contribution in [0.15, 0.2) is 48.7 Å². The number of likely N-dealkylation sites (N-methyl/N-ethyl adjacent to an activating group) is 1. The SMILES string of the molecule is CC(=O)Nc1cc(Nc2nc3c(c(-c4cn(C)c5ccccc45)n2)CCO3)ccc1NCCN(C)C. The van der Waals surface area contributed by atoms with Crippen LogP contribution in [0.2, 0.25) is 0 Å². The molecule has 2 aromatic heterocycles. The third-order valence-electron chi connectivity index (χ3n) is 6.17. The molecule has 9 nitrogen and oxygen atoms in total. The number of nitrogens with zero attached hydrogens (tertiary/aromatic N) is 4. The molecule has 0 unspecified atom stereocenters. The van der Waals surface area contributed by atoms with E-state index in [4.69, 9.17) is 9.72 Å². The van der Waals surface area contributed by atoms with Crippen LogP contribution in [0.25, 0.3) is 22.2 Å². The van der Waals surface area contributed by atoms with Gasteiger partial charge in [-0.25, -0.2) is 4.98 Å². The summed E-state index contributed by atoms with van der Waals surface area (Å²) in [5.74, 6) is 0.920. The first-order chi connectivity index (χ1) is 17.4. The van der Waals surface area contributed by atoms with Crippen molar-refractivity contribution in [1.29, 1.82) is 0 Å². The monoisotopic (exact) mass is 485 g/mol. The highest BCUT2D eigenvalue weighted by Gasteiger charge is 2.24. The van der Waals surface area contributed by atoms with E-state index in [0.29, 0.717) is 24.1 Å². The summed E-state index contributed by atoms with van der Waals surface area (Å²) in [6, 6.07) is 14.1. The van der Waals surface area contributed by atoms with E-state index in [1.165, 1.54) is 6.92 Å². The summed E-state index contributed by atoms with van der Waals surface area (Å²) in [7, 11) is 6.09. The molecular weight excluding hydrogens is 454 g/mol. The van der Waals surface area contributed by atoms with Crippen molar-refractivity contribution >= 4 is 39.8 Å². The van der Waals surface area contributed by atoms with Crippen LogP contribution in [0.4, 0.5) is 23.0 Å². The lowest BCUT2D eigenvalue weighted by Crippen LogP contribution is -2.21. The van der Waals surface area contributed by atoms with E-state index < -0.39 is 0 Å². The largest absolute Gasteiger partial charge is 0.477 e. The number of carbonyl (C=O) groups is 1. The normalized spacial score (nSPS) is 12.5. The molecule has 0 spiro atoms. The molecule has 9 heteroatoms. The Morgan fingerprint density at radius 3 is 2.78 bits per heavy atom. The van der Waals surface area contributed by atoms with E-state index in [1.807, 2.05) is 51.5 Å². The van der Waals surface area contributed by atoms with Gasteiger partial charge in [0.2, 0.25) is 17.7 Å². The van der Waals surface area contributed by atoms with Crippen molar-refractivity contribution in [3.05, 3.63) is 54.2 Å². The van der Waals surface area contributed by atoms with Gasteiger partial charge in [0.25, 0.3) is 0 Å². The van der Waals surface area contributed by atoms with Crippen LogP contribution in [0.3, 0.4) is 0 Å². The number of aromatic nitrogens is 3. The third kappa shape index (κ3) is 4.83. The zero-order chi connectivity index (χ0) is 25.2. The lowest BCUT2D eigenvalue weighted by atomic mass is 10.0. The molecule has 0 saturated carbocycles. The van der Waals surface area contributed by atoms with Crippen molar-refractivity contribution < 1.29 is 9.53 Å². The first-order valence-corrected chi connectivity index (χ1v) is 12.0. The Hall–Kier alpha value is -4.11. The number of hydrogen-bond acceptors (Lipinski definition) is 7. The van der Waals surface area contributed by atoms with Crippen molar-refractivity contribution in [3.8, 4) is 17.1 Å². The highest BCUT2D eigenvalue weighted by atomic mass is 16.5. The van der Waals surface area contributed by atoms with Crippen LogP contribution in [0, 0.1) is 0 Å². The van der Waals surface area contributed by atoms with Crippen LogP contribution in [0.1, 0.15) is 12.5 Å². The van der Waals surface area contributed by atoms with Gasteiger partial charge in [0.15, 0.2) is 0 Å². The van der Waals surface area contributed by atoms with Crippen molar-refractivity contribution in [3.63, 3.8) is 0 Å². The van der Waals surface area contributed by atoms with Crippen LogP contribution in [-0.2, 0) is 18.3 Å². The molecule has 0 fully saturated rings. The number of carbonyl (C=O) groups excluding carboxylic acids is 1. The fourth-order valence-electron chi connectivity index (χ4n) is 4.48. The van der Waals surface area contributed by atoms with Gasteiger partial charge in [0.1, 0.15) is 0 Å². The third-order valence-corrected chi connectivity index (χ3v) is 6.17.